The summed E-state index contributed by atoms with van der Waals surface area (Å²) in [5.74, 6) is 0.640. The van der Waals surface area contributed by atoms with Crippen LogP contribution >= 0.6 is 0 Å². The lowest BCUT2D eigenvalue weighted by atomic mass is 9.70. The van der Waals surface area contributed by atoms with Crippen LogP contribution < -0.4 is 0 Å². The summed E-state index contributed by atoms with van der Waals surface area (Å²) in [6.07, 6.45) is 3.41. The van der Waals surface area contributed by atoms with Crippen LogP contribution in [-0.4, -0.2) is 10.9 Å². The molecular weight excluding hydrogens is 188 g/mol. The van der Waals surface area contributed by atoms with Crippen molar-refractivity contribution in [3.8, 4) is 5.75 Å². The van der Waals surface area contributed by atoms with Gasteiger partial charge in [0, 0.05) is 12.8 Å². The van der Waals surface area contributed by atoms with Crippen molar-refractivity contribution in [3.05, 3.63) is 29.8 Å². The monoisotopic (exact) mass is 204 g/mol. The van der Waals surface area contributed by atoms with E-state index in [0.29, 0.717) is 12.2 Å². The predicted molar refractivity (Wildman–Crippen MR) is 58.9 cm³/mol. The third-order valence-corrected chi connectivity index (χ3v) is 3.34. The Morgan fingerprint density at radius 1 is 1.27 bits per heavy atom. The molecule has 2 heteroatoms. The van der Waals surface area contributed by atoms with Gasteiger partial charge in [-0.1, -0.05) is 19.1 Å². The number of phenolic OH excluding ortho intramolecular Hbond substituents is 1. The van der Waals surface area contributed by atoms with Gasteiger partial charge in [0.1, 0.15) is 11.5 Å². The summed E-state index contributed by atoms with van der Waals surface area (Å²) >= 11 is 0. The fraction of sp³-hybridized carbons (Fsp3) is 0.462. The van der Waals surface area contributed by atoms with Crippen molar-refractivity contribution in [1.82, 2.24) is 0 Å². The second-order valence-electron chi connectivity index (χ2n) is 4.68. The molecule has 80 valence electrons. The van der Waals surface area contributed by atoms with Crippen LogP contribution in [-0.2, 0) is 10.2 Å². The first-order valence-electron chi connectivity index (χ1n) is 5.41. The van der Waals surface area contributed by atoms with Gasteiger partial charge in [0.2, 0.25) is 0 Å². The van der Waals surface area contributed by atoms with Crippen molar-refractivity contribution < 1.29 is 9.90 Å². The van der Waals surface area contributed by atoms with Crippen LogP contribution in [0.1, 0.15) is 38.2 Å². The Morgan fingerprint density at radius 3 is 2.53 bits per heavy atom. The van der Waals surface area contributed by atoms with Crippen LogP contribution in [0.25, 0.3) is 0 Å². The van der Waals surface area contributed by atoms with Crippen LogP contribution in [0.2, 0.25) is 0 Å². The molecule has 1 aliphatic rings. The Labute approximate surface area is 89.9 Å². The number of rotatable bonds is 1. The van der Waals surface area contributed by atoms with E-state index in [1.165, 1.54) is 0 Å². The number of carbonyl (C=O) groups is 1. The first-order valence-corrected chi connectivity index (χ1v) is 5.41. The van der Waals surface area contributed by atoms with Crippen LogP contribution in [0.5, 0.6) is 5.75 Å². The highest BCUT2D eigenvalue weighted by molar-refractivity contribution is 5.80. The molecule has 0 amide bonds. The van der Waals surface area contributed by atoms with E-state index in [0.717, 1.165) is 24.8 Å². The number of carbonyl (C=O) groups excluding carboxylic acids is 1. The van der Waals surface area contributed by atoms with E-state index in [-0.39, 0.29) is 11.2 Å². The van der Waals surface area contributed by atoms with Gasteiger partial charge >= 0.3 is 0 Å². The van der Waals surface area contributed by atoms with Crippen LogP contribution in [0.4, 0.5) is 0 Å². The summed E-state index contributed by atoms with van der Waals surface area (Å²) < 4.78 is 0. The molecule has 15 heavy (non-hydrogen) atoms. The molecule has 1 fully saturated rings. The Kier molecular flexibility index (Phi) is 2.51. The second-order valence-corrected chi connectivity index (χ2v) is 4.68. The van der Waals surface area contributed by atoms with E-state index in [4.69, 9.17) is 0 Å². The molecule has 0 heterocycles. The Morgan fingerprint density at radius 2 is 1.93 bits per heavy atom. The number of aromatic hydroxyl groups is 1. The Bertz CT molecular complexity index is 367. The summed E-state index contributed by atoms with van der Waals surface area (Å²) in [6, 6.07) is 7.24. The summed E-state index contributed by atoms with van der Waals surface area (Å²) in [7, 11) is 0. The maximum Gasteiger partial charge on any atom is 0.133 e. The van der Waals surface area contributed by atoms with Crippen molar-refractivity contribution in [1.29, 1.82) is 0 Å². The van der Waals surface area contributed by atoms with Gasteiger partial charge in [-0.05, 0) is 36.0 Å². The number of hydrogen-bond acceptors (Lipinski definition) is 2. The van der Waals surface area contributed by atoms with E-state index in [1.807, 2.05) is 12.1 Å². The molecule has 1 aliphatic carbocycles. The van der Waals surface area contributed by atoms with E-state index in [9.17, 15) is 9.90 Å². The second kappa shape index (κ2) is 3.69. The van der Waals surface area contributed by atoms with Gasteiger partial charge in [-0.25, -0.2) is 0 Å². The molecule has 0 aliphatic heterocycles. The molecule has 1 aromatic carbocycles. The van der Waals surface area contributed by atoms with E-state index in [2.05, 4.69) is 6.92 Å². The number of Topliss-reactive ketones (excluding diaryl/α,β-unsaturated/α-hetero) is 1. The fourth-order valence-electron chi connectivity index (χ4n) is 2.40. The molecule has 1 unspecified atom stereocenters. The largest absolute Gasteiger partial charge is 0.508 e. The number of phenols is 1. The van der Waals surface area contributed by atoms with Crippen LogP contribution in [0.3, 0.4) is 0 Å². The minimum absolute atomic E-state index is 0.0248. The molecule has 1 aromatic rings. The molecule has 1 atom stereocenters. The smallest absolute Gasteiger partial charge is 0.133 e. The standard InChI is InChI=1S/C13H16O2/c1-13(8-2-3-12(15)9-13)10-4-6-11(14)7-5-10/h4-7,14H,2-3,8-9H2,1H3. The van der Waals surface area contributed by atoms with Gasteiger partial charge in [0.05, 0.1) is 0 Å². The lowest BCUT2D eigenvalue weighted by molar-refractivity contribution is -0.121. The minimum atomic E-state index is -0.0248. The molecule has 0 bridgehead atoms. The minimum Gasteiger partial charge on any atom is -0.508 e. The highest BCUT2D eigenvalue weighted by Gasteiger charge is 2.32. The quantitative estimate of drug-likeness (QED) is 0.763. The van der Waals surface area contributed by atoms with Gasteiger partial charge < -0.3 is 5.11 Å². The number of hydrogen-bond donors (Lipinski definition) is 1. The molecule has 0 spiro atoms. The van der Waals surface area contributed by atoms with Gasteiger partial charge in [0.15, 0.2) is 0 Å². The highest BCUT2D eigenvalue weighted by atomic mass is 16.3. The topological polar surface area (TPSA) is 37.3 Å². The zero-order chi connectivity index (χ0) is 10.9. The van der Waals surface area contributed by atoms with Crippen molar-refractivity contribution in [2.75, 3.05) is 0 Å². The van der Waals surface area contributed by atoms with Crippen LogP contribution in [0.15, 0.2) is 24.3 Å². The first kappa shape index (κ1) is 10.2. The molecule has 1 N–H and O–H groups in total. The SMILES string of the molecule is CC1(c2ccc(O)cc2)CCCC(=O)C1. The van der Waals surface area contributed by atoms with Crippen molar-refractivity contribution in [3.63, 3.8) is 0 Å². The molecule has 0 aromatic heterocycles. The molecular formula is C13H16O2. The Balaban J connectivity index is 2.28. The van der Waals surface area contributed by atoms with Crippen molar-refractivity contribution in [2.45, 2.75) is 38.0 Å². The summed E-state index contributed by atoms with van der Waals surface area (Å²) in [6.45, 7) is 2.14. The number of benzene rings is 1. The van der Waals surface area contributed by atoms with Gasteiger partial charge in [-0.15, -0.1) is 0 Å². The highest BCUT2D eigenvalue weighted by Crippen LogP contribution is 2.37. The maximum absolute atomic E-state index is 11.5. The fourth-order valence-corrected chi connectivity index (χ4v) is 2.40. The molecule has 2 nitrogen and oxygen atoms in total. The van der Waals surface area contributed by atoms with Gasteiger partial charge in [0.25, 0.3) is 0 Å². The summed E-state index contributed by atoms with van der Waals surface area (Å²) in [5.41, 5.74) is 1.14. The van der Waals surface area contributed by atoms with Gasteiger partial charge in [-0.3, -0.25) is 4.79 Å². The van der Waals surface area contributed by atoms with E-state index in [1.54, 1.807) is 12.1 Å². The molecule has 2 rings (SSSR count). The number of ketones is 1. The van der Waals surface area contributed by atoms with E-state index < -0.39 is 0 Å². The third-order valence-electron chi connectivity index (χ3n) is 3.34. The molecule has 0 radical (unpaired) electrons. The predicted octanol–water partition coefficient (Wildman–Crippen LogP) is 2.79. The lowest BCUT2D eigenvalue weighted by Crippen LogP contribution is -2.29. The zero-order valence-electron chi connectivity index (χ0n) is 8.99. The maximum atomic E-state index is 11.5. The third kappa shape index (κ3) is 2.04. The van der Waals surface area contributed by atoms with Gasteiger partial charge in [-0.2, -0.15) is 0 Å². The summed E-state index contributed by atoms with van der Waals surface area (Å²) in [5, 5.41) is 9.22. The lowest BCUT2D eigenvalue weighted by Gasteiger charge is -2.33. The first-order chi connectivity index (χ1) is 7.10. The Hall–Kier alpha value is -1.31. The summed E-state index contributed by atoms with van der Waals surface area (Å²) in [4.78, 5) is 11.5. The van der Waals surface area contributed by atoms with Crippen molar-refractivity contribution in [2.24, 2.45) is 0 Å². The zero-order valence-corrected chi connectivity index (χ0v) is 8.99. The van der Waals surface area contributed by atoms with E-state index >= 15 is 0 Å². The van der Waals surface area contributed by atoms with Crippen LogP contribution in [0, 0.1) is 0 Å². The molecule has 0 saturated heterocycles. The average Bonchev–Trinajstić information content (AvgIpc) is 2.18. The normalized spacial score (nSPS) is 26.6. The average molecular weight is 204 g/mol. The molecule has 1 saturated carbocycles. The van der Waals surface area contributed by atoms with Crippen molar-refractivity contribution >= 4 is 5.78 Å².